The fraction of sp³-hybridized carbons (Fsp3) is 0.222. The molecule has 1 N–H and O–H groups in total. The van der Waals surface area contributed by atoms with Gasteiger partial charge in [-0.2, -0.15) is 5.26 Å². The van der Waals surface area contributed by atoms with E-state index in [1.807, 2.05) is 17.0 Å². The molecule has 0 saturated carbocycles. The Kier molecular flexibility index (Phi) is 7.01. The summed E-state index contributed by atoms with van der Waals surface area (Å²) >= 11 is 0. The molecule has 1 heterocycles. The van der Waals surface area contributed by atoms with Crippen molar-refractivity contribution in [3.63, 3.8) is 0 Å². The zero-order valence-corrected chi connectivity index (χ0v) is 18.3. The van der Waals surface area contributed by atoms with Crippen molar-refractivity contribution in [2.45, 2.75) is 25.9 Å². The lowest BCUT2D eigenvalue weighted by Crippen LogP contribution is -2.36. The van der Waals surface area contributed by atoms with Gasteiger partial charge >= 0.3 is 0 Å². The van der Waals surface area contributed by atoms with E-state index in [9.17, 15) is 14.9 Å². The summed E-state index contributed by atoms with van der Waals surface area (Å²) in [7, 11) is 0. The fourth-order valence-electron chi connectivity index (χ4n) is 3.88. The monoisotopic (exact) mass is 439 g/mol. The minimum Gasteiger partial charge on any atom is -0.489 e. The molecule has 166 valence electrons. The van der Waals surface area contributed by atoms with Crippen molar-refractivity contribution < 1.29 is 14.3 Å². The van der Waals surface area contributed by atoms with Crippen LogP contribution in [-0.2, 0) is 6.61 Å². The third kappa shape index (κ3) is 5.39. The second-order valence-electron chi connectivity index (χ2n) is 7.94. The molecular formula is C27H25N3O3. The molecule has 0 unspecified atom stereocenters. The third-order valence-electron chi connectivity index (χ3n) is 5.68. The molecule has 0 atom stereocenters. The van der Waals surface area contributed by atoms with Gasteiger partial charge in [-0.25, -0.2) is 0 Å². The number of amides is 2. The quantitative estimate of drug-likeness (QED) is 0.585. The van der Waals surface area contributed by atoms with Crippen LogP contribution in [0.3, 0.4) is 0 Å². The molecule has 0 aromatic heterocycles. The number of rotatable bonds is 6. The number of hydrogen-bond donors (Lipinski definition) is 1. The summed E-state index contributed by atoms with van der Waals surface area (Å²) in [5, 5.41) is 12.1. The van der Waals surface area contributed by atoms with E-state index in [2.05, 4.69) is 11.4 Å². The highest BCUT2D eigenvalue weighted by Crippen LogP contribution is 2.22. The molecule has 1 saturated heterocycles. The number of nitriles is 1. The van der Waals surface area contributed by atoms with Gasteiger partial charge in [0, 0.05) is 24.2 Å². The van der Waals surface area contributed by atoms with Gasteiger partial charge in [0.15, 0.2) is 0 Å². The first-order valence-electron chi connectivity index (χ1n) is 11.1. The molecule has 6 nitrogen and oxygen atoms in total. The normalized spacial score (nSPS) is 13.1. The standard InChI is InChI=1S/C27H25N3O3/c28-18-21-9-2-3-10-22(21)19-33-23-12-8-11-20(17-23)26(31)29-25-14-5-4-13-24(25)27(32)30-15-6-1-7-16-30/h2-5,8-14,17H,1,6-7,15-16,19H2,(H,29,31). The van der Waals surface area contributed by atoms with Crippen molar-refractivity contribution in [2.75, 3.05) is 18.4 Å². The summed E-state index contributed by atoms with van der Waals surface area (Å²) in [6.07, 6.45) is 3.15. The molecular weight excluding hydrogens is 414 g/mol. The Labute approximate surface area is 193 Å². The van der Waals surface area contributed by atoms with Gasteiger partial charge in [0.2, 0.25) is 0 Å². The van der Waals surface area contributed by atoms with Crippen molar-refractivity contribution in [3.05, 3.63) is 95.1 Å². The van der Waals surface area contributed by atoms with Gasteiger partial charge in [0.25, 0.3) is 11.8 Å². The second-order valence-corrected chi connectivity index (χ2v) is 7.94. The van der Waals surface area contributed by atoms with E-state index < -0.39 is 0 Å². The average molecular weight is 440 g/mol. The predicted molar refractivity (Wildman–Crippen MR) is 126 cm³/mol. The van der Waals surface area contributed by atoms with Crippen LogP contribution in [-0.4, -0.2) is 29.8 Å². The number of likely N-dealkylation sites (tertiary alicyclic amines) is 1. The SMILES string of the molecule is N#Cc1ccccc1COc1cccc(C(=O)Nc2ccccc2C(=O)N2CCCCC2)c1. The number of nitrogens with zero attached hydrogens (tertiary/aromatic N) is 2. The number of carbonyl (C=O) groups is 2. The number of para-hydroxylation sites is 1. The maximum Gasteiger partial charge on any atom is 0.255 e. The molecule has 3 aromatic carbocycles. The van der Waals surface area contributed by atoms with Crippen LogP contribution in [0.15, 0.2) is 72.8 Å². The van der Waals surface area contributed by atoms with Gasteiger partial charge in [-0.15, -0.1) is 0 Å². The average Bonchev–Trinajstić information content (AvgIpc) is 2.88. The van der Waals surface area contributed by atoms with Gasteiger partial charge in [0.1, 0.15) is 12.4 Å². The van der Waals surface area contributed by atoms with Crippen molar-refractivity contribution >= 4 is 17.5 Å². The number of anilines is 1. The van der Waals surface area contributed by atoms with Crippen LogP contribution in [0.2, 0.25) is 0 Å². The van der Waals surface area contributed by atoms with Gasteiger partial charge in [0.05, 0.1) is 22.9 Å². The Morgan fingerprint density at radius 2 is 1.70 bits per heavy atom. The predicted octanol–water partition coefficient (Wildman–Crippen LogP) is 5.02. The summed E-state index contributed by atoms with van der Waals surface area (Å²) in [5.41, 5.74) is 2.74. The molecule has 33 heavy (non-hydrogen) atoms. The van der Waals surface area contributed by atoms with E-state index >= 15 is 0 Å². The summed E-state index contributed by atoms with van der Waals surface area (Å²) in [4.78, 5) is 27.8. The molecule has 2 amide bonds. The maximum atomic E-state index is 13.0. The Bertz CT molecular complexity index is 1190. The van der Waals surface area contributed by atoms with Crippen LogP contribution in [0.25, 0.3) is 0 Å². The minimum absolute atomic E-state index is 0.0566. The zero-order valence-electron chi connectivity index (χ0n) is 18.3. The van der Waals surface area contributed by atoms with Gasteiger partial charge in [-0.3, -0.25) is 9.59 Å². The van der Waals surface area contributed by atoms with Gasteiger partial charge in [-0.1, -0.05) is 36.4 Å². The Hall–Kier alpha value is -4.11. The van der Waals surface area contributed by atoms with E-state index in [1.165, 1.54) is 0 Å². The van der Waals surface area contributed by atoms with Crippen molar-refractivity contribution in [1.29, 1.82) is 5.26 Å². The van der Waals surface area contributed by atoms with Crippen LogP contribution in [0.5, 0.6) is 5.75 Å². The van der Waals surface area contributed by atoms with Crippen molar-refractivity contribution in [3.8, 4) is 11.8 Å². The number of carbonyl (C=O) groups excluding carboxylic acids is 2. The smallest absolute Gasteiger partial charge is 0.255 e. The summed E-state index contributed by atoms with van der Waals surface area (Å²) < 4.78 is 5.82. The number of nitrogens with one attached hydrogen (secondary N) is 1. The molecule has 0 radical (unpaired) electrons. The Balaban J connectivity index is 1.46. The highest BCUT2D eigenvalue weighted by Gasteiger charge is 2.21. The lowest BCUT2D eigenvalue weighted by atomic mass is 10.1. The van der Waals surface area contributed by atoms with E-state index in [1.54, 1.807) is 60.7 Å². The molecule has 1 aliphatic rings. The van der Waals surface area contributed by atoms with E-state index in [0.29, 0.717) is 28.1 Å². The maximum absolute atomic E-state index is 13.0. The van der Waals surface area contributed by atoms with Crippen LogP contribution in [0, 0.1) is 11.3 Å². The fourth-order valence-corrected chi connectivity index (χ4v) is 3.88. The number of hydrogen-bond acceptors (Lipinski definition) is 4. The molecule has 6 heteroatoms. The molecule has 4 rings (SSSR count). The minimum atomic E-state index is -0.322. The largest absolute Gasteiger partial charge is 0.489 e. The molecule has 0 spiro atoms. The first-order valence-corrected chi connectivity index (χ1v) is 11.1. The van der Waals surface area contributed by atoms with Crippen LogP contribution in [0.1, 0.15) is 51.1 Å². The molecule has 3 aromatic rings. The molecule has 0 aliphatic carbocycles. The third-order valence-corrected chi connectivity index (χ3v) is 5.68. The number of piperidine rings is 1. The topological polar surface area (TPSA) is 82.4 Å². The van der Waals surface area contributed by atoms with Gasteiger partial charge in [-0.05, 0) is 55.7 Å². The number of ether oxygens (including phenoxy) is 1. The molecule has 1 fully saturated rings. The van der Waals surface area contributed by atoms with Crippen LogP contribution in [0.4, 0.5) is 5.69 Å². The molecule has 0 bridgehead atoms. The zero-order chi connectivity index (χ0) is 23.0. The Morgan fingerprint density at radius 1 is 0.939 bits per heavy atom. The van der Waals surface area contributed by atoms with Gasteiger partial charge < -0.3 is 15.0 Å². The summed E-state index contributed by atoms with van der Waals surface area (Å²) in [5.74, 6) is 0.142. The van der Waals surface area contributed by atoms with E-state index in [-0.39, 0.29) is 18.4 Å². The summed E-state index contributed by atoms with van der Waals surface area (Å²) in [6, 6.07) is 23.3. The lowest BCUT2D eigenvalue weighted by molar-refractivity contribution is 0.0725. The first-order chi connectivity index (χ1) is 16.2. The molecule has 1 aliphatic heterocycles. The highest BCUT2D eigenvalue weighted by molar-refractivity contribution is 6.09. The van der Waals surface area contributed by atoms with Crippen molar-refractivity contribution in [2.24, 2.45) is 0 Å². The lowest BCUT2D eigenvalue weighted by Gasteiger charge is -2.27. The second kappa shape index (κ2) is 10.5. The van der Waals surface area contributed by atoms with Crippen molar-refractivity contribution in [1.82, 2.24) is 4.90 Å². The van der Waals surface area contributed by atoms with E-state index in [0.717, 1.165) is 37.9 Å². The van der Waals surface area contributed by atoms with Crippen LogP contribution >= 0.6 is 0 Å². The summed E-state index contributed by atoms with van der Waals surface area (Å²) in [6.45, 7) is 1.72. The highest BCUT2D eigenvalue weighted by atomic mass is 16.5. The Morgan fingerprint density at radius 3 is 2.52 bits per heavy atom. The van der Waals surface area contributed by atoms with E-state index in [4.69, 9.17) is 4.74 Å². The van der Waals surface area contributed by atoms with Crippen LogP contribution < -0.4 is 10.1 Å². The first kappa shape index (κ1) is 22.1. The number of benzene rings is 3.